The van der Waals surface area contributed by atoms with Gasteiger partial charge in [-0.3, -0.25) is 9.48 Å². The monoisotopic (exact) mass is 369 g/mol. The van der Waals surface area contributed by atoms with Crippen LogP contribution in [0.3, 0.4) is 0 Å². The Labute approximate surface area is 155 Å². The first-order valence-electron chi connectivity index (χ1n) is 8.15. The molecule has 1 aromatic heterocycles. The fraction of sp³-hybridized carbons (Fsp3) is 0.158. The summed E-state index contributed by atoms with van der Waals surface area (Å²) in [6.07, 6.45) is 3.35. The number of ether oxygens (including phenoxy) is 2. The summed E-state index contributed by atoms with van der Waals surface area (Å²) in [6.45, 7) is 1.64. The highest BCUT2D eigenvalue weighted by atomic mass is 35.5. The molecule has 132 valence electrons. The van der Waals surface area contributed by atoms with Crippen molar-refractivity contribution in [2.45, 2.75) is 6.54 Å². The second-order valence-corrected chi connectivity index (χ2v) is 6.30. The number of carbonyl (C=O) groups excluding carboxylic acids is 1. The Morgan fingerprint density at radius 1 is 1.12 bits per heavy atom. The number of carbonyl (C=O) groups is 1. The van der Waals surface area contributed by atoms with Crippen LogP contribution in [0.15, 0.2) is 54.9 Å². The van der Waals surface area contributed by atoms with Gasteiger partial charge in [0, 0.05) is 23.5 Å². The number of hydrogen-bond donors (Lipinski definition) is 1. The lowest BCUT2D eigenvalue weighted by Gasteiger charge is -2.19. The van der Waals surface area contributed by atoms with E-state index in [4.69, 9.17) is 21.1 Å². The molecule has 1 aliphatic rings. The van der Waals surface area contributed by atoms with Gasteiger partial charge in [-0.1, -0.05) is 23.7 Å². The molecule has 4 rings (SSSR count). The third-order valence-electron chi connectivity index (χ3n) is 3.96. The average Bonchev–Trinajstić information content (AvgIpc) is 3.07. The van der Waals surface area contributed by atoms with Gasteiger partial charge in [0.05, 0.1) is 17.8 Å². The fourth-order valence-electron chi connectivity index (χ4n) is 2.70. The highest BCUT2D eigenvalue weighted by molar-refractivity contribution is 6.30. The molecule has 6 nitrogen and oxygen atoms in total. The van der Waals surface area contributed by atoms with E-state index in [-0.39, 0.29) is 5.91 Å². The molecular weight excluding hydrogens is 354 g/mol. The third kappa shape index (κ3) is 3.65. The van der Waals surface area contributed by atoms with Crippen LogP contribution in [0.5, 0.6) is 11.5 Å². The summed E-state index contributed by atoms with van der Waals surface area (Å²) in [5.41, 5.74) is 2.26. The molecule has 26 heavy (non-hydrogen) atoms. The van der Waals surface area contributed by atoms with Crippen molar-refractivity contribution in [3.05, 3.63) is 71.0 Å². The van der Waals surface area contributed by atoms with Crippen LogP contribution in [0, 0.1) is 0 Å². The van der Waals surface area contributed by atoms with E-state index in [0.717, 1.165) is 5.56 Å². The van der Waals surface area contributed by atoms with E-state index in [1.807, 2.05) is 12.1 Å². The van der Waals surface area contributed by atoms with Crippen LogP contribution in [0.25, 0.3) is 0 Å². The lowest BCUT2D eigenvalue weighted by Crippen LogP contribution is -2.16. The summed E-state index contributed by atoms with van der Waals surface area (Å²) in [7, 11) is 0. The number of nitrogens with one attached hydrogen (secondary N) is 1. The molecule has 1 amide bonds. The van der Waals surface area contributed by atoms with Gasteiger partial charge in [-0.05, 0) is 29.8 Å². The van der Waals surface area contributed by atoms with E-state index in [9.17, 15) is 4.79 Å². The summed E-state index contributed by atoms with van der Waals surface area (Å²) < 4.78 is 12.8. The maximum Gasteiger partial charge on any atom is 0.255 e. The van der Waals surface area contributed by atoms with E-state index in [0.29, 0.717) is 47.5 Å². The normalized spacial score (nSPS) is 12.7. The van der Waals surface area contributed by atoms with Crippen molar-refractivity contribution < 1.29 is 14.3 Å². The van der Waals surface area contributed by atoms with Crippen molar-refractivity contribution in [3.8, 4) is 11.5 Å². The molecule has 0 saturated carbocycles. The van der Waals surface area contributed by atoms with Crippen LogP contribution in [0.4, 0.5) is 5.69 Å². The number of aromatic nitrogens is 2. The van der Waals surface area contributed by atoms with Gasteiger partial charge < -0.3 is 14.8 Å². The standard InChI is InChI=1S/C19H16ClN3O3/c20-15-10-21-23(12-15)11-13-1-3-14(4-2-13)19(24)22-16-5-6-17-18(9-16)26-8-7-25-17/h1-6,9-10,12H,7-8,11H2,(H,22,24). The Hall–Kier alpha value is -2.99. The maximum absolute atomic E-state index is 12.4. The maximum atomic E-state index is 12.4. The topological polar surface area (TPSA) is 65.4 Å². The highest BCUT2D eigenvalue weighted by Crippen LogP contribution is 2.32. The number of halogens is 1. The molecule has 0 fully saturated rings. The number of fused-ring (bicyclic) bond motifs is 1. The van der Waals surface area contributed by atoms with Crippen molar-refractivity contribution >= 4 is 23.2 Å². The molecule has 0 unspecified atom stereocenters. The molecule has 3 aromatic rings. The molecule has 1 aliphatic heterocycles. The number of anilines is 1. The Balaban J connectivity index is 1.43. The SMILES string of the molecule is O=C(Nc1ccc2c(c1)OCCO2)c1ccc(Cn2cc(Cl)cn2)cc1. The number of rotatable bonds is 4. The average molecular weight is 370 g/mol. The first-order valence-corrected chi connectivity index (χ1v) is 8.53. The van der Waals surface area contributed by atoms with E-state index >= 15 is 0 Å². The Morgan fingerprint density at radius 3 is 2.62 bits per heavy atom. The van der Waals surface area contributed by atoms with Gasteiger partial charge in [0.1, 0.15) is 13.2 Å². The molecule has 2 heterocycles. The molecule has 0 spiro atoms. The minimum absolute atomic E-state index is 0.185. The lowest BCUT2D eigenvalue weighted by atomic mass is 10.1. The van der Waals surface area contributed by atoms with Crippen LogP contribution in [0.1, 0.15) is 15.9 Å². The van der Waals surface area contributed by atoms with Gasteiger partial charge in [-0.25, -0.2) is 0 Å². The summed E-state index contributed by atoms with van der Waals surface area (Å²) >= 11 is 5.86. The van der Waals surface area contributed by atoms with E-state index in [1.165, 1.54) is 0 Å². The zero-order valence-corrected chi connectivity index (χ0v) is 14.6. The molecule has 0 saturated heterocycles. The zero-order valence-electron chi connectivity index (χ0n) is 13.8. The minimum Gasteiger partial charge on any atom is -0.486 e. The van der Waals surface area contributed by atoms with Gasteiger partial charge in [0.2, 0.25) is 0 Å². The van der Waals surface area contributed by atoms with Crippen LogP contribution in [-0.2, 0) is 6.54 Å². The van der Waals surface area contributed by atoms with Crippen LogP contribution >= 0.6 is 11.6 Å². The number of amides is 1. The molecular formula is C19H16ClN3O3. The molecule has 0 radical (unpaired) electrons. The van der Waals surface area contributed by atoms with Gasteiger partial charge >= 0.3 is 0 Å². The number of nitrogens with zero attached hydrogens (tertiary/aromatic N) is 2. The fourth-order valence-corrected chi connectivity index (χ4v) is 2.85. The first-order chi connectivity index (χ1) is 12.7. The van der Waals surface area contributed by atoms with E-state index in [2.05, 4.69) is 10.4 Å². The molecule has 2 aromatic carbocycles. The second-order valence-electron chi connectivity index (χ2n) is 5.87. The van der Waals surface area contributed by atoms with Gasteiger partial charge in [0.25, 0.3) is 5.91 Å². The highest BCUT2D eigenvalue weighted by Gasteiger charge is 2.13. The quantitative estimate of drug-likeness (QED) is 0.763. The van der Waals surface area contributed by atoms with Crippen molar-refractivity contribution in [2.75, 3.05) is 18.5 Å². The smallest absolute Gasteiger partial charge is 0.255 e. The summed E-state index contributed by atoms with van der Waals surface area (Å²) in [5, 5.41) is 7.61. The van der Waals surface area contributed by atoms with Crippen LogP contribution in [0.2, 0.25) is 5.02 Å². The van der Waals surface area contributed by atoms with Crippen molar-refractivity contribution in [1.29, 1.82) is 0 Å². The molecule has 0 atom stereocenters. The largest absolute Gasteiger partial charge is 0.486 e. The molecule has 0 bridgehead atoms. The number of hydrogen-bond acceptors (Lipinski definition) is 4. The minimum atomic E-state index is -0.185. The van der Waals surface area contributed by atoms with Crippen LogP contribution in [-0.4, -0.2) is 28.9 Å². The second kappa shape index (κ2) is 7.09. The molecule has 1 N–H and O–H groups in total. The first kappa shape index (κ1) is 16.5. The molecule has 0 aliphatic carbocycles. The van der Waals surface area contributed by atoms with Gasteiger partial charge in [-0.2, -0.15) is 5.10 Å². The van der Waals surface area contributed by atoms with Crippen molar-refractivity contribution in [2.24, 2.45) is 0 Å². The summed E-state index contributed by atoms with van der Waals surface area (Å²) in [5.74, 6) is 1.15. The Morgan fingerprint density at radius 2 is 1.88 bits per heavy atom. The Kier molecular flexibility index (Phi) is 4.50. The number of benzene rings is 2. The van der Waals surface area contributed by atoms with Gasteiger partial charge in [-0.15, -0.1) is 0 Å². The van der Waals surface area contributed by atoms with E-state index < -0.39 is 0 Å². The van der Waals surface area contributed by atoms with E-state index in [1.54, 1.807) is 47.4 Å². The van der Waals surface area contributed by atoms with Crippen molar-refractivity contribution in [3.63, 3.8) is 0 Å². The lowest BCUT2D eigenvalue weighted by molar-refractivity contribution is 0.102. The molecule has 7 heteroatoms. The van der Waals surface area contributed by atoms with Crippen LogP contribution < -0.4 is 14.8 Å². The Bertz CT molecular complexity index is 937. The zero-order chi connectivity index (χ0) is 17.9. The predicted octanol–water partition coefficient (Wildman–Crippen LogP) is 3.61. The summed E-state index contributed by atoms with van der Waals surface area (Å²) in [6, 6.07) is 12.7. The third-order valence-corrected chi connectivity index (χ3v) is 4.16. The van der Waals surface area contributed by atoms with Crippen molar-refractivity contribution in [1.82, 2.24) is 9.78 Å². The summed E-state index contributed by atoms with van der Waals surface area (Å²) in [4.78, 5) is 12.4. The van der Waals surface area contributed by atoms with Gasteiger partial charge in [0.15, 0.2) is 11.5 Å². The predicted molar refractivity (Wildman–Crippen MR) is 98.2 cm³/mol.